The molecule has 0 saturated heterocycles. The van der Waals surface area contributed by atoms with Gasteiger partial charge in [-0.2, -0.15) is 0 Å². The van der Waals surface area contributed by atoms with Gasteiger partial charge < -0.3 is 4.90 Å². The SMILES string of the molecule is c1ccc(-c2nc(-c3ccc(N4c5ccccc5Sc5ccccc54)cc3)nc3ccccc23)cc1. The number of fused-ring (bicyclic) bond motifs is 3. The minimum Gasteiger partial charge on any atom is -0.308 e. The van der Waals surface area contributed by atoms with Crippen LogP contribution in [0.3, 0.4) is 0 Å². The van der Waals surface area contributed by atoms with Crippen LogP contribution in [0, 0.1) is 0 Å². The van der Waals surface area contributed by atoms with E-state index in [1.807, 2.05) is 42.1 Å². The van der Waals surface area contributed by atoms with Gasteiger partial charge >= 0.3 is 0 Å². The van der Waals surface area contributed by atoms with E-state index in [1.54, 1.807) is 0 Å². The summed E-state index contributed by atoms with van der Waals surface area (Å²) in [5.74, 6) is 0.731. The maximum absolute atomic E-state index is 5.03. The molecule has 1 aliphatic rings. The van der Waals surface area contributed by atoms with E-state index < -0.39 is 0 Å². The highest BCUT2D eigenvalue weighted by molar-refractivity contribution is 7.99. The molecule has 0 N–H and O–H groups in total. The third kappa shape index (κ3) is 3.55. The average molecular weight is 480 g/mol. The van der Waals surface area contributed by atoms with Crippen molar-refractivity contribution in [3.8, 4) is 22.6 Å². The van der Waals surface area contributed by atoms with Crippen LogP contribution in [-0.2, 0) is 0 Å². The first-order valence-electron chi connectivity index (χ1n) is 11.9. The van der Waals surface area contributed by atoms with Gasteiger partial charge in [0.15, 0.2) is 5.82 Å². The van der Waals surface area contributed by atoms with Crippen molar-refractivity contribution in [3.63, 3.8) is 0 Å². The quantitative estimate of drug-likeness (QED) is 0.253. The highest BCUT2D eigenvalue weighted by Crippen LogP contribution is 2.51. The fraction of sp³-hybridized carbons (Fsp3) is 0. The topological polar surface area (TPSA) is 29.0 Å². The Morgan fingerprint density at radius 1 is 0.500 bits per heavy atom. The number of rotatable bonds is 3. The van der Waals surface area contributed by atoms with Gasteiger partial charge in [0.25, 0.3) is 0 Å². The molecule has 5 aromatic carbocycles. The number of para-hydroxylation sites is 3. The van der Waals surface area contributed by atoms with Crippen LogP contribution >= 0.6 is 11.8 Å². The van der Waals surface area contributed by atoms with Crippen molar-refractivity contribution in [2.45, 2.75) is 9.79 Å². The zero-order valence-corrected chi connectivity index (χ0v) is 20.2. The molecule has 1 aromatic heterocycles. The molecule has 0 bridgehead atoms. The molecule has 0 amide bonds. The predicted molar refractivity (Wildman–Crippen MR) is 149 cm³/mol. The van der Waals surface area contributed by atoms with Crippen molar-refractivity contribution >= 4 is 39.7 Å². The zero-order valence-electron chi connectivity index (χ0n) is 19.4. The number of hydrogen-bond donors (Lipinski definition) is 0. The number of hydrogen-bond acceptors (Lipinski definition) is 4. The summed E-state index contributed by atoms with van der Waals surface area (Å²) in [6, 6.07) is 44.3. The lowest BCUT2D eigenvalue weighted by Gasteiger charge is -2.32. The van der Waals surface area contributed by atoms with Crippen LogP contribution in [0.15, 0.2) is 137 Å². The first-order valence-corrected chi connectivity index (χ1v) is 12.8. The van der Waals surface area contributed by atoms with E-state index in [1.165, 1.54) is 21.2 Å². The lowest BCUT2D eigenvalue weighted by molar-refractivity contribution is 1.16. The Morgan fingerprint density at radius 3 is 1.83 bits per heavy atom. The van der Waals surface area contributed by atoms with Crippen LogP contribution in [0.25, 0.3) is 33.5 Å². The van der Waals surface area contributed by atoms with Gasteiger partial charge in [-0.1, -0.05) is 84.6 Å². The van der Waals surface area contributed by atoms with Gasteiger partial charge in [0.2, 0.25) is 0 Å². The minimum absolute atomic E-state index is 0.731. The molecule has 4 heteroatoms. The summed E-state index contributed by atoms with van der Waals surface area (Å²) < 4.78 is 0. The summed E-state index contributed by atoms with van der Waals surface area (Å²) in [6.45, 7) is 0. The van der Waals surface area contributed by atoms with Crippen LogP contribution in [0.1, 0.15) is 0 Å². The normalized spacial score (nSPS) is 12.3. The molecule has 1 aliphatic heterocycles. The molecule has 0 aliphatic carbocycles. The van der Waals surface area contributed by atoms with Crippen molar-refractivity contribution in [3.05, 3.63) is 127 Å². The van der Waals surface area contributed by atoms with Crippen molar-refractivity contribution in [1.29, 1.82) is 0 Å². The largest absolute Gasteiger partial charge is 0.308 e. The second-order valence-corrected chi connectivity index (χ2v) is 9.78. The van der Waals surface area contributed by atoms with Crippen molar-refractivity contribution in [2.24, 2.45) is 0 Å². The van der Waals surface area contributed by atoms with Crippen LogP contribution in [0.4, 0.5) is 17.1 Å². The molecule has 3 nitrogen and oxygen atoms in total. The monoisotopic (exact) mass is 479 g/mol. The molecular weight excluding hydrogens is 458 g/mol. The molecule has 170 valence electrons. The van der Waals surface area contributed by atoms with E-state index in [2.05, 4.69) is 102 Å². The number of benzene rings is 5. The van der Waals surface area contributed by atoms with Gasteiger partial charge in [-0.15, -0.1) is 0 Å². The third-order valence-corrected chi connectivity index (χ3v) is 7.60. The Bertz CT molecular complexity index is 1670. The summed E-state index contributed by atoms with van der Waals surface area (Å²) in [6.07, 6.45) is 0. The molecule has 0 atom stereocenters. The molecule has 6 aromatic rings. The number of nitrogens with zero attached hydrogens (tertiary/aromatic N) is 3. The fourth-order valence-electron chi connectivity index (χ4n) is 4.76. The van der Waals surface area contributed by atoms with Crippen molar-refractivity contribution in [1.82, 2.24) is 9.97 Å². The summed E-state index contributed by atoms with van der Waals surface area (Å²) in [4.78, 5) is 14.8. The molecule has 0 spiro atoms. The number of aromatic nitrogens is 2. The van der Waals surface area contributed by atoms with Gasteiger partial charge in [0, 0.05) is 32.0 Å². The molecule has 0 radical (unpaired) electrons. The summed E-state index contributed by atoms with van der Waals surface area (Å²) >= 11 is 1.82. The van der Waals surface area contributed by atoms with Gasteiger partial charge in [-0.25, -0.2) is 9.97 Å². The molecule has 36 heavy (non-hydrogen) atoms. The van der Waals surface area contributed by atoms with Crippen LogP contribution in [0.5, 0.6) is 0 Å². The van der Waals surface area contributed by atoms with E-state index in [9.17, 15) is 0 Å². The van der Waals surface area contributed by atoms with Crippen molar-refractivity contribution < 1.29 is 0 Å². The maximum Gasteiger partial charge on any atom is 0.160 e. The Balaban J connectivity index is 1.34. The zero-order chi connectivity index (χ0) is 23.9. The van der Waals surface area contributed by atoms with Gasteiger partial charge in [0.05, 0.1) is 22.6 Å². The van der Waals surface area contributed by atoms with Crippen molar-refractivity contribution in [2.75, 3.05) is 4.90 Å². The first-order chi connectivity index (χ1) is 17.8. The second-order valence-electron chi connectivity index (χ2n) is 8.70. The lowest BCUT2D eigenvalue weighted by atomic mass is 10.1. The van der Waals surface area contributed by atoms with Gasteiger partial charge in [0.1, 0.15) is 0 Å². The maximum atomic E-state index is 5.03. The Labute approximate surface area is 214 Å². The second kappa shape index (κ2) is 8.67. The standard InChI is InChI=1S/C32H21N3S/c1-2-10-22(11-3-1)31-25-12-4-5-13-26(25)33-32(34-31)23-18-20-24(21-19-23)35-27-14-6-8-16-29(27)36-30-17-9-7-15-28(30)35/h1-21H. The predicted octanol–water partition coefficient (Wildman–Crippen LogP) is 8.90. The smallest absolute Gasteiger partial charge is 0.160 e. The van der Waals surface area contributed by atoms with Crippen LogP contribution < -0.4 is 4.90 Å². The molecule has 2 heterocycles. The number of anilines is 3. The van der Waals surface area contributed by atoms with E-state index in [4.69, 9.17) is 9.97 Å². The molecule has 7 rings (SSSR count). The van der Waals surface area contributed by atoms with E-state index in [0.717, 1.165) is 39.2 Å². The molecule has 0 fully saturated rings. The third-order valence-electron chi connectivity index (χ3n) is 6.47. The summed E-state index contributed by atoms with van der Waals surface area (Å²) in [5.41, 5.74) is 7.49. The molecule has 0 saturated carbocycles. The first kappa shape index (κ1) is 20.9. The van der Waals surface area contributed by atoms with E-state index in [-0.39, 0.29) is 0 Å². The van der Waals surface area contributed by atoms with E-state index >= 15 is 0 Å². The molecular formula is C32H21N3S. The summed E-state index contributed by atoms with van der Waals surface area (Å²) in [5, 5.41) is 1.06. The molecule has 0 unspecified atom stereocenters. The van der Waals surface area contributed by atoms with E-state index in [0.29, 0.717) is 0 Å². The Morgan fingerprint density at radius 2 is 1.11 bits per heavy atom. The summed E-state index contributed by atoms with van der Waals surface area (Å²) in [7, 11) is 0. The van der Waals surface area contributed by atoms with Gasteiger partial charge in [-0.05, 0) is 54.6 Å². The fourth-order valence-corrected chi connectivity index (χ4v) is 5.82. The highest BCUT2D eigenvalue weighted by atomic mass is 32.2. The Kier molecular flexibility index (Phi) is 5.04. The lowest BCUT2D eigenvalue weighted by Crippen LogP contribution is -2.14. The van der Waals surface area contributed by atoms with Crippen LogP contribution in [0.2, 0.25) is 0 Å². The highest BCUT2D eigenvalue weighted by Gasteiger charge is 2.24. The average Bonchev–Trinajstić information content (AvgIpc) is 2.96. The van der Waals surface area contributed by atoms with Gasteiger partial charge in [-0.3, -0.25) is 0 Å². The minimum atomic E-state index is 0.731. The Hall–Kier alpha value is -4.41. The van der Waals surface area contributed by atoms with Crippen LogP contribution in [-0.4, -0.2) is 9.97 Å².